The Kier molecular flexibility index (Phi) is 4.42. The van der Waals surface area contributed by atoms with E-state index in [9.17, 15) is 19.8 Å². The number of phenols is 1. The molecule has 21 heavy (non-hydrogen) atoms. The van der Waals surface area contributed by atoms with Gasteiger partial charge in [0.2, 0.25) is 0 Å². The van der Waals surface area contributed by atoms with Crippen molar-refractivity contribution in [3.05, 3.63) is 52.9 Å². The second-order valence-corrected chi connectivity index (χ2v) is 4.82. The summed E-state index contributed by atoms with van der Waals surface area (Å²) in [6.45, 7) is 3.59. The Morgan fingerprint density at radius 3 is 2.81 bits per heavy atom. The summed E-state index contributed by atoms with van der Waals surface area (Å²) in [6.07, 6.45) is 3.38. The summed E-state index contributed by atoms with van der Waals surface area (Å²) < 4.78 is 5.11. The molecule has 1 atom stereocenters. The minimum absolute atomic E-state index is 0.0147. The fraction of sp³-hybridized carbons (Fsp3) is 0.250. The van der Waals surface area contributed by atoms with E-state index in [-0.39, 0.29) is 16.9 Å². The topological polar surface area (TPSA) is 87.7 Å². The molecule has 0 radical (unpaired) electrons. The molecule has 0 saturated heterocycles. The van der Waals surface area contributed by atoms with Crippen LogP contribution in [0.5, 0.6) is 5.75 Å². The van der Waals surface area contributed by atoms with Crippen LogP contribution in [-0.2, 0) is 4.79 Å². The van der Waals surface area contributed by atoms with Crippen LogP contribution in [-0.4, -0.2) is 16.2 Å². The third-order valence-electron chi connectivity index (χ3n) is 3.32. The highest BCUT2D eigenvalue weighted by Crippen LogP contribution is 2.25. The van der Waals surface area contributed by atoms with Crippen molar-refractivity contribution in [2.24, 2.45) is 0 Å². The van der Waals surface area contributed by atoms with Crippen molar-refractivity contribution in [1.82, 2.24) is 0 Å². The van der Waals surface area contributed by atoms with Gasteiger partial charge in [0.25, 0.3) is 0 Å². The molecule has 0 fully saturated rings. The van der Waals surface area contributed by atoms with Crippen molar-refractivity contribution in [2.45, 2.75) is 25.2 Å². The van der Waals surface area contributed by atoms with Crippen molar-refractivity contribution in [2.75, 3.05) is 0 Å². The molecule has 1 aromatic heterocycles. The number of unbranched alkanes of at least 4 members (excludes halogenated alkanes) is 1. The van der Waals surface area contributed by atoms with Crippen LogP contribution >= 0.6 is 0 Å². The lowest BCUT2D eigenvalue weighted by Gasteiger charge is -2.11. The first-order valence-electron chi connectivity index (χ1n) is 6.63. The molecule has 0 aliphatic heterocycles. The molecule has 2 aromatic rings. The van der Waals surface area contributed by atoms with Crippen LogP contribution in [0.2, 0.25) is 0 Å². The van der Waals surface area contributed by atoms with Gasteiger partial charge in [0.15, 0.2) is 0 Å². The van der Waals surface area contributed by atoms with Gasteiger partial charge in [-0.15, -0.1) is 6.58 Å². The number of carboxylic acids is 1. The SMILES string of the molecule is C=CCCCC(C(=O)O)c1cc2ccc(O)cc2oc1=O. The molecule has 1 aromatic carbocycles. The van der Waals surface area contributed by atoms with E-state index >= 15 is 0 Å². The van der Waals surface area contributed by atoms with E-state index in [0.717, 1.165) is 0 Å². The second kappa shape index (κ2) is 6.26. The van der Waals surface area contributed by atoms with Gasteiger partial charge in [-0.05, 0) is 37.5 Å². The van der Waals surface area contributed by atoms with E-state index < -0.39 is 17.5 Å². The third-order valence-corrected chi connectivity index (χ3v) is 3.32. The van der Waals surface area contributed by atoms with Crippen molar-refractivity contribution >= 4 is 16.9 Å². The Balaban J connectivity index is 2.44. The van der Waals surface area contributed by atoms with Crippen LogP contribution in [0.1, 0.15) is 30.7 Å². The first-order valence-corrected chi connectivity index (χ1v) is 6.63. The van der Waals surface area contributed by atoms with E-state index in [2.05, 4.69) is 6.58 Å². The number of carboxylic acid groups (broad SMARTS) is 1. The molecule has 2 rings (SSSR count). The Bertz CT molecular complexity index is 729. The van der Waals surface area contributed by atoms with Gasteiger partial charge in [-0.3, -0.25) is 4.79 Å². The molecule has 5 heteroatoms. The summed E-state index contributed by atoms with van der Waals surface area (Å²) in [7, 11) is 0. The number of rotatable bonds is 6. The van der Waals surface area contributed by atoms with Gasteiger partial charge < -0.3 is 14.6 Å². The van der Waals surface area contributed by atoms with Gasteiger partial charge in [0.05, 0.1) is 11.5 Å². The molecular weight excluding hydrogens is 272 g/mol. The number of benzene rings is 1. The summed E-state index contributed by atoms with van der Waals surface area (Å²) in [5, 5.41) is 19.3. The number of hydrogen-bond acceptors (Lipinski definition) is 4. The minimum Gasteiger partial charge on any atom is -0.508 e. The van der Waals surface area contributed by atoms with Crippen molar-refractivity contribution < 1.29 is 19.4 Å². The van der Waals surface area contributed by atoms with Crippen LogP contribution in [0.25, 0.3) is 11.0 Å². The summed E-state index contributed by atoms with van der Waals surface area (Å²) in [5.41, 5.74) is -0.317. The molecule has 0 saturated carbocycles. The maximum Gasteiger partial charge on any atom is 0.340 e. The van der Waals surface area contributed by atoms with Gasteiger partial charge in [-0.25, -0.2) is 4.79 Å². The molecule has 0 amide bonds. The van der Waals surface area contributed by atoms with Crippen LogP contribution in [0.4, 0.5) is 0 Å². The van der Waals surface area contributed by atoms with Gasteiger partial charge in [-0.1, -0.05) is 6.08 Å². The molecular formula is C16H16O5. The number of allylic oxidation sites excluding steroid dienone is 1. The predicted octanol–water partition coefficient (Wildman–Crippen LogP) is 3.02. The number of hydrogen-bond donors (Lipinski definition) is 2. The molecule has 0 spiro atoms. The third kappa shape index (κ3) is 3.31. The lowest BCUT2D eigenvalue weighted by atomic mass is 9.94. The molecule has 1 heterocycles. The standard InChI is InChI=1S/C16H16O5/c1-2-3-4-5-12(15(18)19)13-8-10-6-7-11(17)9-14(10)21-16(13)20/h2,6-9,12,17H,1,3-5H2,(H,18,19). The first kappa shape index (κ1) is 14.8. The Morgan fingerprint density at radius 1 is 1.38 bits per heavy atom. The van der Waals surface area contributed by atoms with Crippen molar-refractivity contribution in [3.63, 3.8) is 0 Å². The van der Waals surface area contributed by atoms with Crippen LogP contribution in [0.3, 0.4) is 0 Å². The maximum atomic E-state index is 12.0. The van der Waals surface area contributed by atoms with Crippen molar-refractivity contribution in [1.29, 1.82) is 0 Å². The molecule has 110 valence electrons. The van der Waals surface area contributed by atoms with E-state index in [0.29, 0.717) is 24.6 Å². The lowest BCUT2D eigenvalue weighted by Crippen LogP contribution is -2.19. The van der Waals surface area contributed by atoms with Crippen molar-refractivity contribution in [3.8, 4) is 5.75 Å². The number of phenolic OH excluding ortho intramolecular Hbond substituents is 1. The average Bonchev–Trinajstić information content (AvgIpc) is 2.43. The van der Waals surface area contributed by atoms with E-state index in [1.165, 1.54) is 18.2 Å². The lowest BCUT2D eigenvalue weighted by molar-refractivity contribution is -0.139. The zero-order valence-corrected chi connectivity index (χ0v) is 11.4. The molecule has 0 aliphatic rings. The Morgan fingerprint density at radius 2 is 2.14 bits per heavy atom. The Hall–Kier alpha value is -2.56. The van der Waals surface area contributed by atoms with E-state index in [1.54, 1.807) is 12.1 Å². The fourth-order valence-corrected chi connectivity index (χ4v) is 2.24. The maximum absolute atomic E-state index is 12.0. The zero-order chi connectivity index (χ0) is 15.4. The number of carbonyl (C=O) groups is 1. The van der Waals surface area contributed by atoms with Gasteiger partial charge in [-0.2, -0.15) is 0 Å². The normalized spacial score (nSPS) is 12.2. The number of fused-ring (bicyclic) bond motifs is 1. The fourth-order valence-electron chi connectivity index (χ4n) is 2.24. The molecule has 0 bridgehead atoms. The van der Waals surface area contributed by atoms with Crippen LogP contribution in [0, 0.1) is 0 Å². The predicted molar refractivity (Wildman–Crippen MR) is 78.6 cm³/mol. The monoisotopic (exact) mass is 288 g/mol. The first-order chi connectivity index (χ1) is 10.0. The number of aromatic hydroxyl groups is 1. The van der Waals surface area contributed by atoms with E-state index in [4.69, 9.17) is 4.42 Å². The highest BCUT2D eigenvalue weighted by Gasteiger charge is 2.23. The summed E-state index contributed by atoms with van der Waals surface area (Å²) in [5.74, 6) is -1.97. The molecule has 5 nitrogen and oxygen atoms in total. The summed E-state index contributed by atoms with van der Waals surface area (Å²) in [4.78, 5) is 23.4. The van der Waals surface area contributed by atoms with E-state index in [1.807, 2.05) is 0 Å². The molecule has 1 unspecified atom stereocenters. The van der Waals surface area contributed by atoms with Gasteiger partial charge in [0, 0.05) is 11.5 Å². The summed E-state index contributed by atoms with van der Waals surface area (Å²) in [6, 6.07) is 5.89. The largest absolute Gasteiger partial charge is 0.508 e. The number of aliphatic carboxylic acids is 1. The summed E-state index contributed by atoms with van der Waals surface area (Å²) >= 11 is 0. The van der Waals surface area contributed by atoms with Crippen LogP contribution < -0.4 is 5.63 Å². The highest BCUT2D eigenvalue weighted by atomic mass is 16.4. The van der Waals surface area contributed by atoms with Gasteiger partial charge >= 0.3 is 11.6 Å². The van der Waals surface area contributed by atoms with Crippen LogP contribution in [0.15, 0.2) is 46.1 Å². The minimum atomic E-state index is -1.05. The average molecular weight is 288 g/mol. The van der Waals surface area contributed by atoms with Gasteiger partial charge in [0.1, 0.15) is 11.3 Å². The zero-order valence-electron chi connectivity index (χ0n) is 11.4. The molecule has 0 aliphatic carbocycles. The second-order valence-electron chi connectivity index (χ2n) is 4.82. The highest BCUT2D eigenvalue weighted by molar-refractivity contribution is 5.81. The quantitative estimate of drug-likeness (QED) is 0.484. The Labute approximate surface area is 121 Å². The smallest absolute Gasteiger partial charge is 0.340 e. The molecule has 2 N–H and O–H groups in total.